The lowest BCUT2D eigenvalue weighted by Gasteiger charge is -2.36. The lowest BCUT2D eigenvalue weighted by atomic mass is 10.1. The van der Waals surface area contributed by atoms with Crippen LogP contribution in [-0.4, -0.2) is 42.6 Å². The van der Waals surface area contributed by atoms with E-state index in [0.29, 0.717) is 5.02 Å². The van der Waals surface area contributed by atoms with Gasteiger partial charge in [-0.15, -0.1) is 0 Å². The van der Waals surface area contributed by atoms with Crippen molar-refractivity contribution in [1.29, 1.82) is 0 Å². The molecule has 0 bridgehead atoms. The number of hydrogen-bond donors (Lipinski definition) is 1. The molecular formula is C23H27ClN4. The summed E-state index contributed by atoms with van der Waals surface area (Å²) < 4.78 is 0. The second kappa shape index (κ2) is 8.38. The van der Waals surface area contributed by atoms with Gasteiger partial charge in [0.25, 0.3) is 0 Å². The van der Waals surface area contributed by atoms with Crippen molar-refractivity contribution in [3.05, 3.63) is 59.8 Å². The molecule has 0 saturated carbocycles. The molecule has 1 aliphatic rings. The Morgan fingerprint density at radius 1 is 1.00 bits per heavy atom. The van der Waals surface area contributed by atoms with Crippen LogP contribution in [0.5, 0.6) is 0 Å². The Morgan fingerprint density at radius 2 is 1.75 bits per heavy atom. The fourth-order valence-electron chi connectivity index (χ4n) is 3.85. The van der Waals surface area contributed by atoms with Crippen LogP contribution in [-0.2, 0) is 0 Å². The summed E-state index contributed by atoms with van der Waals surface area (Å²) in [6.45, 7) is 10.2. The molecule has 1 aliphatic heterocycles. The zero-order valence-electron chi connectivity index (χ0n) is 16.5. The Labute approximate surface area is 172 Å². The zero-order valence-corrected chi connectivity index (χ0v) is 17.3. The Kier molecular flexibility index (Phi) is 5.69. The molecule has 0 atom stereocenters. The number of hydrogen-bond acceptors (Lipinski definition) is 4. The Morgan fingerprint density at radius 3 is 2.46 bits per heavy atom. The number of halogens is 1. The van der Waals surface area contributed by atoms with Crippen LogP contribution < -0.4 is 10.2 Å². The van der Waals surface area contributed by atoms with Gasteiger partial charge in [-0.2, -0.15) is 0 Å². The standard InChI is InChI=1S/C23H27ClN4/c1-17(2)16-27-11-13-28(14-12-27)20-6-4-19(5-7-20)26-22-9-10-25-23-15-18(24)3-8-21(22)23/h3-10,15,17H,11-14,16H2,1-2H3,(H,25,26). The van der Waals surface area contributed by atoms with E-state index in [4.69, 9.17) is 11.6 Å². The molecule has 0 spiro atoms. The second-order valence-electron chi connectivity index (χ2n) is 7.87. The normalized spacial score (nSPS) is 15.4. The van der Waals surface area contributed by atoms with Gasteiger partial charge in [0.2, 0.25) is 0 Å². The second-order valence-corrected chi connectivity index (χ2v) is 8.31. The van der Waals surface area contributed by atoms with Gasteiger partial charge < -0.3 is 10.2 Å². The first-order valence-electron chi connectivity index (χ1n) is 9.97. The molecule has 146 valence electrons. The molecule has 3 aromatic rings. The van der Waals surface area contributed by atoms with Crippen molar-refractivity contribution in [3.63, 3.8) is 0 Å². The predicted molar refractivity (Wildman–Crippen MR) is 120 cm³/mol. The van der Waals surface area contributed by atoms with Crippen LogP contribution in [0.2, 0.25) is 5.02 Å². The first-order valence-corrected chi connectivity index (χ1v) is 10.3. The van der Waals surface area contributed by atoms with Gasteiger partial charge in [0.05, 0.1) is 5.52 Å². The Balaban J connectivity index is 1.43. The van der Waals surface area contributed by atoms with Gasteiger partial charge >= 0.3 is 0 Å². The number of rotatable bonds is 5. The third kappa shape index (κ3) is 4.40. The number of benzene rings is 2. The molecule has 0 unspecified atom stereocenters. The summed E-state index contributed by atoms with van der Waals surface area (Å²) in [7, 11) is 0. The molecule has 4 nitrogen and oxygen atoms in total. The van der Waals surface area contributed by atoms with E-state index in [0.717, 1.165) is 54.4 Å². The van der Waals surface area contributed by atoms with Crippen LogP contribution in [0.3, 0.4) is 0 Å². The average molecular weight is 395 g/mol. The third-order valence-corrected chi connectivity index (χ3v) is 5.45. The molecule has 0 amide bonds. The van der Waals surface area contributed by atoms with Crippen molar-refractivity contribution in [1.82, 2.24) is 9.88 Å². The fourth-order valence-corrected chi connectivity index (χ4v) is 4.01. The Hall–Kier alpha value is -2.30. The molecule has 5 heteroatoms. The SMILES string of the molecule is CC(C)CN1CCN(c2ccc(Nc3ccnc4cc(Cl)ccc34)cc2)CC1. The number of nitrogens with one attached hydrogen (secondary N) is 1. The predicted octanol–water partition coefficient (Wildman–Crippen LogP) is 5.41. The van der Waals surface area contributed by atoms with Gasteiger partial charge in [-0.3, -0.25) is 9.88 Å². The maximum Gasteiger partial charge on any atom is 0.0737 e. The molecule has 0 radical (unpaired) electrons. The van der Waals surface area contributed by atoms with Crippen LogP contribution in [0.25, 0.3) is 10.9 Å². The van der Waals surface area contributed by atoms with Crippen LogP contribution in [0, 0.1) is 5.92 Å². The molecule has 2 aromatic carbocycles. The summed E-state index contributed by atoms with van der Waals surface area (Å²) in [5.41, 5.74) is 4.30. The molecule has 28 heavy (non-hydrogen) atoms. The van der Waals surface area contributed by atoms with E-state index >= 15 is 0 Å². The summed E-state index contributed by atoms with van der Waals surface area (Å²) >= 11 is 6.09. The highest BCUT2D eigenvalue weighted by Crippen LogP contribution is 2.28. The minimum Gasteiger partial charge on any atom is -0.369 e. The van der Waals surface area contributed by atoms with Crippen molar-refractivity contribution >= 4 is 39.6 Å². The number of pyridine rings is 1. The van der Waals surface area contributed by atoms with Crippen LogP contribution in [0.1, 0.15) is 13.8 Å². The third-order valence-electron chi connectivity index (χ3n) is 5.21. The Bertz CT molecular complexity index is 931. The number of anilines is 3. The minimum atomic E-state index is 0.704. The molecule has 0 aliphatic carbocycles. The maximum atomic E-state index is 6.09. The number of nitrogens with zero attached hydrogens (tertiary/aromatic N) is 3. The largest absolute Gasteiger partial charge is 0.369 e. The first-order chi connectivity index (χ1) is 13.6. The quantitative estimate of drug-likeness (QED) is 0.626. The van der Waals surface area contributed by atoms with E-state index in [-0.39, 0.29) is 0 Å². The summed E-state index contributed by atoms with van der Waals surface area (Å²) in [5, 5.41) is 5.29. The van der Waals surface area contributed by atoms with Gasteiger partial charge in [0, 0.05) is 66.4 Å². The van der Waals surface area contributed by atoms with Crippen LogP contribution in [0.4, 0.5) is 17.1 Å². The van der Waals surface area contributed by atoms with Crippen molar-refractivity contribution in [2.75, 3.05) is 42.9 Å². The lowest BCUT2D eigenvalue weighted by Crippen LogP contribution is -2.47. The molecule has 1 saturated heterocycles. The highest BCUT2D eigenvalue weighted by atomic mass is 35.5. The van der Waals surface area contributed by atoms with Crippen molar-refractivity contribution < 1.29 is 0 Å². The minimum absolute atomic E-state index is 0.704. The first kappa shape index (κ1) is 19.0. The molecule has 4 rings (SSSR count). The van der Waals surface area contributed by atoms with Gasteiger partial charge in [0.15, 0.2) is 0 Å². The van der Waals surface area contributed by atoms with Gasteiger partial charge in [-0.25, -0.2) is 0 Å². The van der Waals surface area contributed by atoms with E-state index in [1.807, 2.05) is 30.5 Å². The zero-order chi connectivity index (χ0) is 19.5. The van der Waals surface area contributed by atoms with E-state index in [2.05, 4.69) is 58.2 Å². The summed E-state index contributed by atoms with van der Waals surface area (Å²) in [5.74, 6) is 0.734. The number of piperazine rings is 1. The van der Waals surface area contributed by atoms with Crippen molar-refractivity contribution in [2.24, 2.45) is 5.92 Å². The van der Waals surface area contributed by atoms with Crippen molar-refractivity contribution in [3.8, 4) is 0 Å². The average Bonchev–Trinajstić information content (AvgIpc) is 2.69. The van der Waals surface area contributed by atoms with Gasteiger partial charge in [-0.05, 0) is 54.4 Å². The van der Waals surface area contributed by atoms with Gasteiger partial charge in [0.1, 0.15) is 0 Å². The maximum absolute atomic E-state index is 6.09. The molecule has 2 heterocycles. The highest BCUT2D eigenvalue weighted by Gasteiger charge is 2.17. The molecule has 1 N–H and O–H groups in total. The molecule has 1 fully saturated rings. The van der Waals surface area contributed by atoms with Crippen LogP contribution in [0.15, 0.2) is 54.7 Å². The topological polar surface area (TPSA) is 31.4 Å². The highest BCUT2D eigenvalue weighted by molar-refractivity contribution is 6.31. The van der Waals surface area contributed by atoms with E-state index < -0.39 is 0 Å². The smallest absolute Gasteiger partial charge is 0.0737 e. The summed E-state index contributed by atoms with van der Waals surface area (Å²) in [6, 6.07) is 16.5. The van der Waals surface area contributed by atoms with Crippen LogP contribution >= 0.6 is 11.6 Å². The fraction of sp³-hybridized carbons (Fsp3) is 0.348. The number of fused-ring (bicyclic) bond motifs is 1. The summed E-state index contributed by atoms with van der Waals surface area (Å²) in [4.78, 5) is 9.45. The molecular weight excluding hydrogens is 368 g/mol. The van der Waals surface area contributed by atoms with Crippen molar-refractivity contribution in [2.45, 2.75) is 13.8 Å². The van der Waals surface area contributed by atoms with E-state index in [1.54, 1.807) is 0 Å². The monoisotopic (exact) mass is 394 g/mol. The summed E-state index contributed by atoms with van der Waals surface area (Å²) in [6.07, 6.45) is 1.81. The van der Waals surface area contributed by atoms with E-state index in [9.17, 15) is 0 Å². The molecule has 1 aromatic heterocycles. The van der Waals surface area contributed by atoms with E-state index in [1.165, 1.54) is 12.2 Å². The lowest BCUT2D eigenvalue weighted by molar-refractivity contribution is 0.231. The number of aromatic nitrogens is 1. The van der Waals surface area contributed by atoms with Gasteiger partial charge in [-0.1, -0.05) is 25.4 Å².